The number of thiophene rings is 1. The van der Waals surface area contributed by atoms with Gasteiger partial charge in [-0.1, -0.05) is 17.7 Å². The summed E-state index contributed by atoms with van der Waals surface area (Å²) in [6.45, 7) is 0. The fourth-order valence-electron chi connectivity index (χ4n) is 1.65. The quantitative estimate of drug-likeness (QED) is 0.662. The maximum atomic E-state index is 12.1. The smallest absolute Gasteiger partial charge is 0.348 e. The van der Waals surface area contributed by atoms with Crippen molar-refractivity contribution < 1.29 is 19.6 Å². The van der Waals surface area contributed by atoms with Crippen LogP contribution in [0.4, 0.5) is 11.4 Å². The molecule has 1 aromatic heterocycles. The van der Waals surface area contributed by atoms with Crippen molar-refractivity contribution in [2.45, 2.75) is 0 Å². The number of aromatic carboxylic acids is 1. The highest BCUT2D eigenvalue weighted by molar-refractivity contribution is 7.12. The van der Waals surface area contributed by atoms with Gasteiger partial charge in [-0.2, -0.15) is 0 Å². The molecule has 0 saturated carbocycles. The third kappa shape index (κ3) is 3.01. The van der Waals surface area contributed by atoms with E-state index < -0.39 is 22.5 Å². The SMILES string of the molecule is O=C(O)c1sccc1NC(=O)c1c(Cl)cccc1[N+](=O)[O-]. The molecule has 0 spiro atoms. The highest BCUT2D eigenvalue weighted by atomic mass is 35.5. The summed E-state index contributed by atoms with van der Waals surface area (Å²) in [7, 11) is 0. The van der Waals surface area contributed by atoms with Gasteiger partial charge in [0.05, 0.1) is 15.6 Å². The van der Waals surface area contributed by atoms with E-state index in [2.05, 4.69) is 5.32 Å². The van der Waals surface area contributed by atoms with Gasteiger partial charge < -0.3 is 10.4 Å². The molecule has 0 fully saturated rings. The molecule has 1 heterocycles. The molecule has 7 nitrogen and oxygen atoms in total. The lowest BCUT2D eigenvalue weighted by Gasteiger charge is -2.06. The second kappa shape index (κ2) is 5.90. The Kier molecular flexibility index (Phi) is 4.20. The molecule has 0 radical (unpaired) electrons. The van der Waals surface area contributed by atoms with Crippen LogP contribution in [0.2, 0.25) is 5.02 Å². The first kappa shape index (κ1) is 14.9. The molecule has 9 heteroatoms. The van der Waals surface area contributed by atoms with Crippen molar-refractivity contribution in [1.82, 2.24) is 0 Å². The Morgan fingerprint density at radius 2 is 2.05 bits per heavy atom. The standard InChI is InChI=1S/C12H7ClN2O5S/c13-6-2-1-3-8(15(19)20)9(6)11(16)14-7-4-5-21-10(7)12(17)18/h1-5H,(H,14,16)(H,17,18). The van der Waals surface area contributed by atoms with Crippen LogP contribution in [0.15, 0.2) is 29.6 Å². The number of carbonyl (C=O) groups excluding carboxylic acids is 1. The number of rotatable bonds is 4. The van der Waals surface area contributed by atoms with Gasteiger partial charge >= 0.3 is 5.97 Å². The third-order valence-electron chi connectivity index (χ3n) is 2.52. The molecule has 2 N–H and O–H groups in total. The Balaban J connectivity index is 2.40. The first-order valence-electron chi connectivity index (χ1n) is 5.47. The van der Waals surface area contributed by atoms with E-state index in [1.807, 2.05) is 0 Å². The van der Waals surface area contributed by atoms with Crippen LogP contribution in [-0.2, 0) is 0 Å². The molecule has 1 aromatic carbocycles. The number of anilines is 1. The number of carboxylic acid groups (broad SMARTS) is 1. The molecule has 0 saturated heterocycles. The fraction of sp³-hybridized carbons (Fsp3) is 0. The topological polar surface area (TPSA) is 110 Å². The monoisotopic (exact) mass is 326 g/mol. The number of hydrogen-bond donors (Lipinski definition) is 2. The predicted molar refractivity (Wildman–Crippen MR) is 77.3 cm³/mol. The number of nitrogens with one attached hydrogen (secondary N) is 1. The summed E-state index contributed by atoms with van der Waals surface area (Å²) >= 11 is 6.76. The van der Waals surface area contributed by atoms with Crippen LogP contribution in [-0.4, -0.2) is 21.9 Å². The maximum Gasteiger partial charge on any atom is 0.348 e. The van der Waals surface area contributed by atoms with Crippen LogP contribution in [0.3, 0.4) is 0 Å². The molecule has 108 valence electrons. The van der Waals surface area contributed by atoms with Gasteiger partial charge in [-0.05, 0) is 17.5 Å². The van der Waals surface area contributed by atoms with Crippen molar-refractivity contribution in [1.29, 1.82) is 0 Å². The lowest BCUT2D eigenvalue weighted by atomic mass is 10.1. The van der Waals surface area contributed by atoms with Crippen LogP contribution in [0, 0.1) is 10.1 Å². The Bertz CT molecular complexity index is 743. The Morgan fingerprint density at radius 1 is 1.33 bits per heavy atom. The summed E-state index contributed by atoms with van der Waals surface area (Å²) in [5, 5.41) is 23.6. The molecule has 0 aliphatic carbocycles. The Labute approximate surface area is 126 Å². The van der Waals surface area contributed by atoms with E-state index in [0.717, 1.165) is 17.4 Å². The van der Waals surface area contributed by atoms with Crippen LogP contribution in [0.25, 0.3) is 0 Å². The van der Waals surface area contributed by atoms with E-state index in [4.69, 9.17) is 16.7 Å². The average Bonchev–Trinajstić information content (AvgIpc) is 2.86. The Morgan fingerprint density at radius 3 is 2.67 bits per heavy atom. The van der Waals surface area contributed by atoms with Gasteiger partial charge in [0, 0.05) is 6.07 Å². The molecule has 0 atom stereocenters. The number of carbonyl (C=O) groups is 2. The average molecular weight is 327 g/mol. The first-order chi connectivity index (χ1) is 9.91. The number of halogens is 1. The highest BCUT2D eigenvalue weighted by Gasteiger charge is 2.24. The van der Waals surface area contributed by atoms with Crippen molar-refractivity contribution in [3.63, 3.8) is 0 Å². The van der Waals surface area contributed by atoms with Gasteiger partial charge in [-0.25, -0.2) is 4.79 Å². The van der Waals surface area contributed by atoms with Crippen LogP contribution >= 0.6 is 22.9 Å². The van der Waals surface area contributed by atoms with Gasteiger partial charge in [0.15, 0.2) is 0 Å². The molecular formula is C12H7ClN2O5S. The second-order valence-electron chi connectivity index (χ2n) is 3.81. The van der Waals surface area contributed by atoms with Crippen LogP contribution in [0.5, 0.6) is 0 Å². The van der Waals surface area contributed by atoms with Gasteiger partial charge in [0.25, 0.3) is 11.6 Å². The van der Waals surface area contributed by atoms with Gasteiger partial charge in [-0.3, -0.25) is 14.9 Å². The van der Waals surface area contributed by atoms with E-state index in [-0.39, 0.29) is 21.2 Å². The van der Waals surface area contributed by atoms with Crippen molar-refractivity contribution in [2.24, 2.45) is 0 Å². The summed E-state index contributed by atoms with van der Waals surface area (Å²) in [5.74, 6) is -2.04. The minimum Gasteiger partial charge on any atom is -0.477 e. The van der Waals surface area contributed by atoms with Gasteiger partial charge in [0.2, 0.25) is 0 Å². The van der Waals surface area contributed by atoms with Crippen molar-refractivity contribution in [2.75, 3.05) is 5.32 Å². The number of nitro benzene ring substituents is 1. The molecular weight excluding hydrogens is 320 g/mol. The van der Waals surface area contributed by atoms with Gasteiger partial charge in [-0.15, -0.1) is 11.3 Å². The molecule has 0 aliphatic rings. The second-order valence-corrected chi connectivity index (χ2v) is 5.14. The molecule has 2 rings (SSSR count). The minimum absolute atomic E-state index is 0.0618. The van der Waals surface area contributed by atoms with Crippen molar-refractivity contribution >= 4 is 46.2 Å². The first-order valence-corrected chi connectivity index (χ1v) is 6.72. The van der Waals surface area contributed by atoms with Crippen LogP contribution in [0.1, 0.15) is 20.0 Å². The number of nitrogens with zero attached hydrogens (tertiary/aromatic N) is 1. The molecule has 1 amide bonds. The van der Waals surface area contributed by atoms with E-state index in [1.165, 1.54) is 23.6 Å². The minimum atomic E-state index is -1.20. The number of nitro groups is 1. The fourth-order valence-corrected chi connectivity index (χ4v) is 2.59. The zero-order chi connectivity index (χ0) is 15.6. The summed E-state index contributed by atoms with van der Waals surface area (Å²) in [4.78, 5) is 33.2. The normalized spacial score (nSPS) is 10.1. The van der Waals surface area contributed by atoms with Gasteiger partial charge in [0.1, 0.15) is 10.4 Å². The van der Waals surface area contributed by atoms with E-state index in [0.29, 0.717) is 0 Å². The summed E-state index contributed by atoms with van der Waals surface area (Å²) in [6, 6.07) is 5.24. The number of benzene rings is 1. The molecule has 0 bridgehead atoms. The van der Waals surface area contributed by atoms with E-state index in [1.54, 1.807) is 0 Å². The summed E-state index contributed by atoms with van der Waals surface area (Å²) in [5.41, 5.74) is -0.703. The third-order valence-corrected chi connectivity index (χ3v) is 3.74. The summed E-state index contributed by atoms with van der Waals surface area (Å²) in [6.07, 6.45) is 0. The lowest BCUT2D eigenvalue weighted by molar-refractivity contribution is -0.385. The number of hydrogen-bond acceptors (Lipinski definition) is 5. The number of carboxylic acids is 1. The van der Waals surface area contributed by atoms with Crippen LogP contribution < -0.4 is 5.32 Å². The highest BCUT2D eigenvalue weighted by Crippen LogP contribution is 2.29. The lowest BCUT2D eigenvalue weighted by Crippen LogP contribution is -2.15. The molecule has 2 aromatic rings. The number of amides is 1. The Hall–Kier alpha value is -2.45. The largest absolute Gasteiger partial charge is 0.477 e. The van der Waals surface area contributed by atoms with E-state index >= 15 is 0 Å². The van der Waals surface area contributed by atoms with Crippen molar-refractivity contribution in [3.05, 3.63) is 55.2 Å². The molecule has 0 unspecified atom stereocenters. The van der Waals surface area contributed by atoms with Crippen molar-refractivity contribution in [3.8, 4) is 0 Å². The zero-order valence-electron chi connectivity index (χ0n) is 10.2. The maximum absolute atomic E-state index is 12.1. The molecule has 21 heavy (non-hydrogen) atoms. The molecule has 0 aliphatic heterocycles. The summed E-state index contributed by atoms with van der Waals surface area (Å²) < 4.78 is 0. The zero-order valence-corrected chi connectivity index (χ0v) is 11.8. The van der Waals surface area contributed by atoms with E-state index in [9.17, 15) is 19.7 Å². The predicted octanol–water partition coefficient (Wildman–Crippen LogP) is 3.26.